The van der Waals surface area contributed by atoms with Gasteiger partial charge in [0.05, 0.1) is 0 Å². The van der Waals surface area contributed by atoms with E-state index in [1.165, 1.54) is 0 Å². The van der Waals surface area contributed by atoms with E-state index >= 15 is 0 Å². The number of aromatic nitrogens is 1. The van der Waals surface area contributed by atoms with Crippen LogP contribution in [0, 0.1) is 27.7 Å². The molecule has 1 amide bonds. The molecule has 0 saturated heterocycles. The first-order valence-corrected chi connectivity index (χ1v) is 7.71. The summed E-state index contributed by atoms with van der Waals surface area (Å²) in [5.74, 6) is 0.971. The van der Waals surface area contributed by atoms with Gasteiger partial charge in [-0.15, -0.1) is 0 Å². The monoisotopic (exact) mass is 314 g/mol. The molecule has 1 aromatic heterocycles. The normalized spacial score (nSPS) is 10.6. The number of Topliss-reactive ketones (excluding diaryl/α,β-unsaturated/α-hetero) is 1. The Bertz CT molecular complexity index is 709. The van der Waals surface area contributed by atoms with Gasteiger partial charge in [-0.05, 0) is 45.2 Å². The van der Waals surface area contributed by atoms with Crippen molar-refractivity contribution in [3.63, 3.8) is 0 Å². The molecule has 0 radical (unpaired) electrons. The molecule has 0 fully saturated rings. The molecule has 2 rings (SSSR count). The first-order chi connectivity index (χ1) is 10.9. The average Bonchev–Trinajstić information content (AvgIpc) is 2.82. The lowest BCUT2D eigenvalue weighted by molar-refractivity contribution is -0.116. The van der Waals surface area contributed by atoms with Crippen LogP contribution in [-0.2, 0) is 4.79 Å². The molecule has 5 nitrogen and oxygen atoms in total. The summed E-state index contributed by atoms with van der Waals surface area (Å²) in [4.78, 5) is 24.2. The molecule has 1 heterocycles. The number of aryl methyl sites for hydroxylation is 4. The van der Waals surface area contributed by atoms with E-state index in [-0.39, 0.29) is 18.1 Å². The molecule has 0 atom stereocenters. The highest BCUT2D eigenvalue weighted by Gasteiger charge is 2.14. The number of hydrogen-bond donors (Lipinski definition) is 1. The molecule has 0 bridgehead atoms. The van der Waals surface area contributed by atoms with Crippen LogP contribution in [0.5, 0.6) is 0 Å². The van der Waals surface area contributed by atoms with E-state index in [0.29, 0.717) is 24.4 Å². The number of anilines is 1. The van der Waals surface area contributed by atoms with Crippen molar-refractivity contribution in [1.82, 2.24) is 5.16 Å². The predicted octanol–water partition coefficient (Wildman–Crippen LogP) is 3.90. The van der Waals surface area contributed by atoms with Crippen molar-refractivity contribution in [1.29, 1.82) is 0 Å². The van der Waals surface area contributed by atoms with Crippen LogP contribution >= 0.6 is 0 Å². The maximum Gasteiger partial charge on any atom is 0.225 e. The standard InChI is InChI=1S/C18H22N2O3/c1-11-8-12(2)18(13(3)9-11)15(21)6-5-7-17(22)19-16-10-14(4)23-20-16/h8-10H,5-7H2,1-4H3,(H,19,20,22). The Morgan fingerprint density at radius 2 is 1.70 bits per heavy atom. The minimum Gasteiger partial charge on any atom is -0.360 e. The fourth-order valence-electron chi connectivity index (χ4n) is 2.79. The quantitative estimate of drug-likeness (QED) is 0.821. The van der Waals surface area contributed by atoms with Crippen LogP contribution in [0.15, 0.2) is 22.7 Å². The Labute approximate surface area is 136 Å². The fourth-order valence-corrected chi connectivity index (χ4v) is 2.79. The molecule has 0 saturated carbocycles. The zero-order chi connectivity index (χ0) is 17.0. The fraction of sp³-hybridized carbons (Fsp3) is 0.389. The van der Waals surface area contributed by atoms with Crippen molar-refractivity contribution in [2.24, 2.45) is 0 Å². The van der Waals surface area contributed by atoms with Crippen molar-refractivity contribution in [2.45, 2.75) is 47.0 Å². The molecule has 5 heteroatoms. The van der Waals surface area contributed by atoms with Crippen LogP contribution in [-0.4, -0.2) is 16.8 Å². The van der Waals surface area contributed by atoms with E-state index in [9.17, 15) is 9.59 Å². The Kier molecular flexibility index (Phi) is 5.32. The second-order valence-corrected chi connectivity index (χ2v) is 5.92. The molecule has 1 N–H and O–H groups in total. The largest absolute Gasteiger partial charge is 0.360 e. The van der Waals surface area contributed by atoms with Gasteiger partial charge in [0.2, 0.25) is 5.91 Å². The first-order valence-electron chi connectivity index (χ1n) is 7.71. The summed E-state index contributed by atoms with van der Waals surface area (Å²) in [6.07, 6.45) is 1.14. The third kappa shape index (κ3) is 4.52. The van der Waals surface area contributed by atoms with E-state index in [4.69, 9.17) is 4.52 Å². The van der Waals surface area contributed by atoms with E-state index in [1.807, 2.05) is 32.9 Å². The van der Waals surface area contributed by atoms with Crippen LogP contribution in [0.25, 0.3) is 0 Å². The van der Waals surface area contributed by atoms with Crippen molar-refractivity contribution in [3.05, 3.63) is 46.2 Å². The molecule has 0 aliphatic carbocycles. The Morgan fingerprint density at radius 1 is 1.04 bits per heavy atom. The van der Waals surface area contributed by atoms with Gasteiger partial charge in [0, 0.05) is 24.5 Å². The van der Waals surface area contributed by atoms with Gasteiger partial charge in [-0.2, -0.15) is 0 Å². The summed E-state index contributed by atoms with van der Waals surface area (Å²) >= 11 is 0. The zero-order valence-electron chi connectivity index (χ0n) is 14.0. The maximum atomic E-state index is 12.4. The SMILES string of the molecule is Cc1cc(C)c(C(=O)CCCC(=O)Nc2cc(C)on2)c(C)c1. The van der Waals surface area contributed by atoms with Gasteiger partial charge < -0.3 is 9.84 Å². The maximum absolute atomic E-state index is 12.4. The lowest BCUT2D eigenvalue weighted by Gasteiger charge is -2.10. The number of benzene rings is 1. The van der Waals surface area contributed by atoms with E-state index < -0.39 is 0 Å². The lowest BCUT2D eigenvalue weighted by atomic mass is 9.94. The smallest absolute Gasteiger partial charge is 0.225 e. The van der Waals surface area contributed by atoms with E-state index in [1.54, 1.807) is 13.0 Å². The highest BCUT2D eigenvalue weighted by molar-refractivity contribution is 5.99. The van der Waals surface area contributed by atoms with Gasteiger partial charge >= 0.3 is 0 Å². The number of ketones is 1. The Morgan fingerprint density at radius 3 is 2.26 bits per heavy atom. The van der Waals surface area contributed by atoms with E-state index in [2.05, 4.69) is 10.5 Å². The van der Waals surface area contributed by atoms with Crippen molar-refractivity contribution in [3.8, 4) is 0 Å². The van der Waals surface area contributed by atoms with Gasteiger partial charge in [-0.1, -0.05) is 22.9 Å². The molecular weight excluding hydrogens is 292 g/mol. The van der Waals surface area contributed by atoms with Gasteiger partial charge in [0.25, 0.3) is 0 Å². The van der Waals surface area contributed by atoms with Crippen molar-refractivity contribution in [2.75, 3.05) is 5.32 Å². The summed E-state index contributed by atoms with van der Waals surface area (Å²) in [6, 6.07) is 5.68. The third-order valence-corrected chi connectivity index (χ3v) is 3.66. The van der Waals surface area contributed by atoms with E-state index in [0.717, 1.165) is 22.3 Å². The summed E-state index contributed by atoms with van der Waals surface area (Å²) in [5.41, 5.74) is 3.92. The molecule has 0 unspecified atom stereocenters. The molecule has 0 spiro atoms. The predicted molar refractivity (Wildman–Crippen MR) is 88.7 cm³/mol. The average molecular weight is 314 g/mol. The molecular formula is C18H22N2O3. The van der Waals surface area contributed by atoms with Crippen LogP contribution in [0.2, 0.25) is 0 Å². The minimum atomic E-state index is -0.163. The lowest BCUT2D eigenvalue weighted by Crippen LogP contribution is -2.12. The molecule has 0 aliphatic heterocycles. The first kappa shape index (κ1) is 16.9. The van der Waals surface area contributed by atoms with Crippen LogP contribution in [0.3, 0.4) is 0 Å². The summed E-state index contributed by atoms with van der Waals surface area (Å²) in [6.45, 7) is 7.68. The number of carbonyl (C=O) groups is 2. The van der Waals surface area contributed by atoms with Crippen LogP contribution in [0.4, 0.5) is 5.82 Å². The third-order valence-electron chi connectivity index (χ3n) is 3.66. The summed E-state index contributed by atoms with van der Waals surface area (Å²) < 4.78 is 4.88. The number of hydrogen-bond acceptors (Lipinski definition) is 4. The topological polar surface area (TPSA) is 72.2 Å². The summed E-state index contributed by atoms with van der Waals surface area (Å²) in [7, 11) is 0. The van der Waals surface area contributed by atoms with Crippen LogP contribution in [0.1, 0.15) is 52.1 Å². The molecule has 2 aromatic rings. The molecule has 122 valence electrons. The second-order valence-electron chi connectivity index (χ2n) is 5.92. The van der Waals surface area contributed by atoms with Gasteiger partial charge in [0.15, 0.2) is 11.6 Å². The molecule has 1 aromatic carbocycles. The highest BCUT2D eigenvalue weighted by Crippen LogP contribution is 2.19. The number of nitrogens with zero attached hydrogens (tertiary/aromatic N) is 1. The van der Waals surface area contributed by atoms with Gasteiger partial charge in [0.1, 0.15) is 5.76 Å². The van der Waals surface area contributed by atoms with Crippen molar-refractivity contribution >= 4 is 17.5 Å². The van der Waals surface area contributed by atoms with Crippen LogP contribution < -0.4 is 5.32 Å². The molecule has 0 aliphatic rings. The van der Waals surface area contributed by atoms with Gasteiger partial charge in [-0.3, -0.25) is 9.59 Å². The zero-order valence-corrected chi connectivity index (χ0v) is 14.0. The number of nitrogens with one attached hydrogen (secondary N) is 1. The van der Waals surface area contributed by atoms with Gasteiger partial charge in [-0.25, -0.2) is 0 Å². The second kappa shape index (κ2) is 7.22. The Balaban J connectivity index is 1.86. The highest BCUT2D eigenvalue weighted by atomic mass is 16.5. The molecule has 23 heavy (non-hydrogen) atoms. The number of rotatable bonds is 6. The minimum absolute atomic E-state index is 0.0880. The number of carbonyl (C=O) groups excluding carboxylic acids is 2. The Hall–Kier alpha value is -2.43. The van der Waals surface area contributed by atoms with Crippen molar-refractivity contribution < 1.29 is 14.1 Å². The number of amides is 1. The summed E-state index contributed by atoms with van der Waals surface area (Å²) in [5, 5.41) is 6.36.